The summed E-state index contributed by atoms with van der Waals surface area (Å²) >= 11 is 0. The van der Waals surface area contributed by atoms with E-state index in [-0.39, 0.29) is 5.91 Å². The van der Waals surface area contributed by atoms with E-state index in [0.717, 1.165) is 17.9 Å². The van der Waals surface area contributed by atoms with Crippen molar-refractivity contribution >= 4 is 11.6 Å². The molecular weight excluding hydrogens is 216 g/mol. The lowest BCUT2D eigenvalue weighted by Gasteiger charge is -2.24. The van der Waals surface area contributed by atoms with E-state index in [0.29, 0.717) is 19.6 Å². The molecule has 0 saturated carbocycles. The first-order valence-electron chi connectivity index (χ1n) is 6.03. The first-order chi connectivity index (χ1) is 8.24. The molecule has 1 heterocycles. The van der Waals surface area contributed by atoms with E-state index in [1.807, 2.05) is 31.2 Å². The summed E-state index contributed by atoms with van der Waals surface area (Å²) in [5.74, 6) is 0.743. The quantitative estimate of drug-likeness (QED) is 0.844. The molecule has 17 heavy (non-hydrogen) atoms. The Balaban J connectivity index is 2.31. The number of nitrogens with zero attached hydrogens (tertiary/aromatic N) is 1. The van der Waals surface area contributed by atoms with Gasteiger partial charge in [0.15, 0.2) is 0 Å². The average Bonchev–Trinajstić information content (AvgIpc) is 2.59. The minimum absolute atomic E-state index is 0.0227. The summed E-state index contributed by atoms with van der Waals surface area (Å²) in [6, 6.07) is 7.18. The predicted octanol–water partition coefficient (Wildman–Crippen LogP) is 1.54. The molecular formula is C13H18N2O2. The highest BCUT2D eigenvalue weighted by molar-refractivity contribution is 5.98. The van der Waals surface area contributed by atoms with Gasteiger partial charge >= 0.3 is 0 Å². The number of fused-ring (bicyclic) bond motifs is 1. The fourth-order valence-corrected chi connectivity index (χ4v) is 1.93. The second-order valence-corrected chi connectivity index (χ2v) is 4.17. The molecule has 0 bridgehead atoms. The number of hydrogen-bond donors (Lipinski definition) is 1. The highest BCUT2D eigenvalue weighted by atomic mass is 16.5. The molecule has 1 amide bonds. The van der Waals surface area contributed by atoms with Crippen LogP contribution >= 0.6 is 0 Å². The molecule has 92 valence electrons. The first kappa shape index (κ1) is 11.9. The molecule has 1 aliphatic heterocycles. The summed E-state index contributed by atoms with van der Waals surface area (Å²) in [6.45, 7) is 3.23. The van der Waals surface area contributed by atoms with Gasteiger partial charge in [-0.15, -0.1) is 0 Å². The molecule has 1 aliphatic rings. The number of amides is 1. The fraction of sp³-hybridized carbons (Fsp3) is 0.462. The SMILES string of the molecule is CC[C@H](N)C(=O)N1CCCOc2ccccc21. The number of anilines is 1. The molecule has 0 spiro atoms. The third-order valence-electron chi connectivity index (χ3n) is 2.96. The van der Waals surface area contributed by atoms with Crippen LogP contribution in [0.5, 0.6) is 5.75 Å². The van der Waals surface area contributed by atoms with Gasteiger partial charge in [-0.25, -0.2) is 0 Å². The molecule has 1 atom stereocenters. The van der Waals surface area contributed by atoms with E-state index in [1.165, 1.54) is 0 Å². The molecule has 0 saturated heterocycles. The van der Waals surface area contributed by atoms with Gasteiger partial charge in [-0.1, -0.05) is 19.1 Å². The van der Waals surface area contributed by atoms with Crippen molar-refractivity contribution in [2.24, 2.45) is 5.73 Å². The highest BCUT2D eigenvalue weighted by Gasteiger charge is 2.24. The minimum Gasteiger partial charge on any atom is -0.491 e. The second kappa shape index (κ2) is 5.19. The number of nitrogens with two attached hydrogens (primary N) is 1. The van der Waals surface area contributed by atoms with Crippen molar-refractivity contribution < 1.29 is 9.53 Å². The van der Waals surface area contributed by atoms with Crippen molar-refractivity contribution in [1.29, 1.82) is 0 Å². The Morgan fingerprint density at radius 1 is 1.53 bits per heavy atom. The number of rotatable bonds is 2. The molecule has 0 radical (unpaired) electrons. The number of carbonyl (C=O) groups is 1. The topological polar surface area (TPSA) is 55.6 Å². The van der Waals surface area contributed by atoms with Gasteiger partial charge in [0, 0.05) is 6.54 Å². The van der Waals surface area contributed by atoms with Crippen LogP contribution in [0.25, 0.3) is 0 Å². The molecule has 0 unspecified atom stereocenters. The van der Waals surface area contributed by atoms with Crippen molar-refractivity contribution in [3.63, 3.8) is 0 Å². The van der Waals surface area contributed by atoms with Gasteiger partial charge in [0.2, 0.25) is 5.91 Å². The van der Waals surface area contributed by atoms with E-state index >= 15 is 0 Å². The Labute approximate surface area is 101 Å². The second-order valence-electron chi connectivity index (χ2n) is 4.17. The molecule has 2 N–H and O–H groups in total. The van der Waals surface area contributed by atoms with Crippen LogP contribution < -0.4 is 15.4 Å². The van der Waals surface area contributed by atoms with E-state index in [1.54, 1.807) is 4.90 Å². The molecule has 1 aromatic carbocycles. The summed E-state index contributed by atoms with van der Waals surface area (Å²) in [6.07, 6.45) is 1.48. The van der Waals surface area contributed by atoms with Crippen molar-refractivity contribution in [3.8, 4) is 5.75 Å². The Bertz CT molecular complexity index is 406. The number of benzene rings is 1. The van der Waals surface area contributed by atoms with Crippen molar-refractivity contribution in [2.45, 2.75) is 25.8 Å². The predicted molar refractivity (Wildman–Crippen MR) is 67.2 cm³/mol. The molecule has 4 nitrogen and oxygen atoms in total. The Kier molecular flexibility index (Phi) is 3.64. The van der Waals surface area contributed by atoms with Crippen LogP contribution in [0.15, 0.2) is 24.3 Å². The number of para-hydroxylation sites is 2. The van der Waals surface area contributed by atoms with Gasteiger partial charge in [-0.2, -0.15) is 0 Å². The van der Waals surface area contributed by atoms with Crippen LogP contribution in [-0.2, 0) is 4.79 Å². The van der Waals surface area contributed by atoms with Crippen molar-refractivity contribution in [1.82, 2.24) is 0 Å². The molecule has 1 aromatic rings. The van der Waals surface area contributed by atoms with Gasteiger partial charge in [0.25, 0.3) is 0 Å². The maximum Gasteiger partial charge on any atom is 0.243 e. The zero-order chi connectivity index (χ0) is 12.3. The first-order valence-corrected chi connectivity index (χ1v) is 6.03. The van der Waals surface area contributed by atoms with Crippen molar-refractivity contribution in [3.05, 3.63) is 24.3 Å². The van der Waals surface area contributed by atoms with E-state index in [9.17, 15) is 4.79 Å². The molecule has 0 aromatic heterocycles. The molecule has 2 rings (SSSR count). The summed E-state index contributed by atoms with van der Waals surface area (Å²) < 4.78 is 5.61. The van der Waals surface area contributed by atoms with Crippen molar-refractivity contribution in [2.75, 3.05) is 18.1 Å². The summed E-state index contributed by atoms with van der Waals surface area (Å²) in [7, 11) is 0. The third kappa shape index (κ3) is 2.42. The smallest absolute Gasteiger partial charge is 0.243 e. The number of carbonyl (C=O) groups excluding carboxylic acids is 1. The standard InChI is InChI=1S/C13H18N2O2/c1-2-10(14)13(16)15-8-5-9-17-12-7-4-3-6-11(12)15/h3-4,6-7,10H,2,5,8-9,14H2,1H3/t10-/m0/s1. The Hall–Kier alpha value is -1.55. The Morgan fingerprint density at radius 2 is 2.29 bits per heavy atom. The van der Waals surface area contributed by atoms with Gasteiger partial charge in [0.1, 0.15) is 5.75 Å². The molecule has 0 aliphatic carbocycles. The zero-order valence-corrected chi connectivity index (χ0v) is 10.1. The summed E-state index contributed by atoms with van der Waals surface area (Å²) in [4.78, 5) is 13.9. The lowest BCUT2D eigenvalue weighted by Crippen LogP contribution is -2.43. The monoisotopic (exact) mass is 234 g/mol. The van der Waals surface area contributed by atoms with Crippen LogP contribution in [0.2, 0.25) is 0 Å². The van der Waals surface area contributed by atoms with E-state index < -0.39 is 6.04 Å². The zero-order valence-electron chi connectivity index (χ0n) is 10.1. The highest BCUT2D eigenvalue weighted by Crippen LogP contribution is 2.30. The largest absolute Gasteiger partial charge is 0.491 e. The van der Waals surface area contributed by atoms with Crippen LogP contribution in [-0.4, -0.2) is 25.1 Å². The number of ether oxygens (including phenoxy) is 1. The normalized spacial score (nSPS) is 16.7. The Morgan fingerprint density at radius 3 is 3.06 bits per heavy atom. The van der Waals surface area contributed by atoms with Crippen LogP contribution in [0.1, 0.15) is 19.8 Å². The van der Waals surface area contributed by atoms with Crippen LogP contribution in [0.3, 0.4) is 0 Å². The van der Waals surface area contributed by atoms with E-state index in [4.69, 9.17) is 10.5 Å². The lowest BCUT2D eigenvalue weighted by atomic mass is 10.2. The maximum absolute atomic E-state index is 12.2. The van der Waals surface area contributed by atoms with Crippen LogP contribution in [0, 0.1) is 0 Å². The van der Waals surface area contributed by atoms with Gasteiger partial charge in [0.05, 0.1) is 18.3 Å². The lowest BCUT2D eigenvalue weighted by molar-refractivity contribution is -0.119. The minimum atomic E-state index is -0.429. The van der Waals surface area contributed by atoms with Gasteiger partial charge < -0.3 is 15.4 Å². The fourth-order valence-electron chi connectivity index (χ4n) is 1.93. The summed E-state index contributed by atoms with van der Waals surface area (Å²) in [5, 5.41) is 0. The number of hydrogen-bond acceptors (Lipinski definition) is 3. The van der Waals surface area contributed by atoms with Gasteiger partial charge in [-0.3, -0.25) is 4.79 Å². The maximum atomic E-state index is 12.2. The molecule has 0 fully saturated rings. The van der Waals surface area contributed by atoms with E-state index in [2.05, 4.69) is 0 Å². The van der Waals surface area contributed by atoms with Crippen LogP contribution in [0.4, 0.5) is 5.69 Å². The summed E-state index contributed by atoms with van der Waals surface area (Å²) in [5.41, 5.74) is 6.66. The average molecular weight is 234 g/mol. The van der Waals surface area contributed by atoms with Gasteiger partial charge in [-0.05, 0) is 25.0 Å². The molecule has 4 heteroatoms. The third-order valence-corrected chi connectivity index (χ3v) is 2.96.